The molecule has 1 unspecified atom stereocenters. The Morgan fingerprint density at radius 2 is 1.82 bits per heavy atom. The summed E-state index contributed by atoms with van der Waals surface area (Å²) in [5.41, 5.74) is 1.14. The maximum atomic E-state index is 11.6. The number of hydrogen-bond donors (Lipinski definition) is 1. The Bertz CT molecular complexity index is 514. The molecule has 5 nitrogen and oxygen atoms in total. The molecular weight excluding hydrogens is 278 g/mol. The fourth-order valence-electron chi connectivity index (χ4n) is 2.55. The summed E-state index contributed by atoms with van der Waals surface area (Å²) in [6.45, 7) is 9.37. The maximum absolute atomic E-state index is 11.6. The number of aromatic nitrogens is 1. The molecule has 0 amide bonds. The van der Waals surface area contributed by atoms with Gasteiger partial charge in [-0.2, -0.15) is 0 Å². The van der Waals surface area contributed by atoms with Gasteiger partial charge in [-0.3, -0.25) is 14.7 Å². The first-order chi connectivity index (χ1) is 10.4. The van der Waals surface area contributed by atoms with E-state index in [1.165, 1.54) is 0 Å². The van der Waals surface area contributed by atoms with Crippen LogP contribution in [0.25, 0.3) is 0 Å². The number of anilines is 1. The Hall–Kier alpha value is -1.88. The van der Waals surface area contributed by atoms with Gasteiger partial charge in [0.15, 0.2) is 0 Å². The van der Waals surface area contributed by atoms with Crippen LogP contribution in [0.1, 0.15) is 20.8 Å². The molecule has 1 aromatic heterocycles. The van der Waals surface area contributed by atoms with E-state index < -0.39 is 12.0 Å². The Labute approximate surface area is 132 Å². The summed E-state index contributed by atoms with van der Waals surface area (Å²) in [5, 5.41) is 9.49. The molecule has 5 heteroatoms. The Morgan fingerprint density at radius 3 is 2.32 bits per heavy atom. The van der Waals surface area contributed by atoms with E-state index in [0.29, 0.717) is 0 Å². The minimum atomic E-state index is -0.780. The number of carboxylic acid groups (broad SMARTS) is 1. The monoisotopic (exact) mass is 303 g/mol. The lowest BCUT2D eigenvalue weighted by Gasteiger charge is -2.38. The van der Waals surface area contributed by atoms with E-state index in [1.54, 1.807) is 12.4 Å². The second-order valence-electron chi connectivity index (χ2n) is 6.74. The molecule has 1 aliphatic rings. The van der Waals surface area contributed by atoms with Crippen LogP contribution in [0.3, 0.4) is 0 Å². The molecule has 0 saturated carbocycles. The summed E-state index contributed by atoms with van der Waals surface area (Å²) < 4.78 is 0. The van der Waals surface area contributed by atoms with E-state index in [1.807, 2.05) is 29.2 Å². The number of rotatable bonds is 4. The molecule has 0 radical (unpaired) electrons. The van der Waals surface area contributed by atoms with Crippen molar-refractivity contribution in [2.45, 2.75) is 26.8 Å². The van der Waals surface area contributed by atoms with Crippen LogP contribution in [0, 0.1) is 5.41 Å². The molecule has 120 valence electrons. The molecule has 1 aromatic rings. The quantitative estimate of drug-likeness (QED) is 0.865. The third-order valence-corrected chi connectivity index (χ3v) is 3.77. The second-order valence-corrected chi connectivity index (χ2v) is 6.74. The van der Waals surface area contributed by atoms with Crippen molar-refractivity contribution in [1.82, 2.24) is 9.88 Å². The highest BCUT2D eigenvalue weighted by Crippen LogP contribution is 2.19. The van der Waals surface area contributed by atoms with Crippen LogP contribution in [0.4, 0.5) is 5.69 Å². The Kier molecular flexibility index (Phi) is 5.19. The zero-order valence-electron chi connectivity index (χ0n) is 13.6. The van der Waals surface area contributed by atoms with Gasteiger partial charge in [0.2, 0.25) is 0 Å². The normalized spacial score (nSPS) is 18.6. The number of pyridine rings is 1. The van der Waals surface area contributed by atoms with Crippen molar-refractivity contribution in [2.75, 3.05) is 31.1 Å². The third-order valence-electron chi connectivity index (χ3n) is 3.77. The SMILES string of the molecule is CC(C)(C)/C=C/C(C(=O)O)N1CCN(c2ccncc2)CC1. The highest BCUT2D eigenvalue weighted by atomic mass is 16.4. The molecule has 1 atom stereocenters. The number of piperazine rings is 1. The molecule has 2 heterocycles. The fraction of sp³-hybridized carbons (Fsp3) is 0.529. The van der Waals surface area contributed by atoms with Crippen LogP contribution in [-0.2, 0) is 4.79 Å². The van der Waals surface area contributed by atoms with Crippen molar-refractivity contribution in [1.29, 1.82) is 0 Å². The lowest BCUT2D eigenvalue weighted by atomic mass is 9.95. The van der Waals surface area contributed by atoms with E-state index in [-0.39, 0.29) is 5.41 Å². The number of carbonyl (C=O) groups is 1. The summed E-state index contributed by atoms with van der Waals surface area (Å²) in [6, 6.07) is 3.44. The van der Waals surface area contributed by atoms with Gasteiger partial charge in [-0.1, -0.05) is 32.9 Å². The van der Waals surface area contributed by atoms with Crippen molar-refractivity contribution >= 4 is 11.7 Å². The van der Waals surface area contributed by atoms with E-state index >= 15 is 0 Å². The van der Waals surface area contributed by atoms with Crippen molar-refractivity contribution in [3.05, 3.63) is 36.7 Å². The highest BCUT2D eigenvalue weighted by Gasteiger charge is 2.27. The van der Waals surface area contributed by atoms with Crippen LogP contribution in [0.5, 0.6) is 0 Å². The Balaban J connectivity index is 1.99. The van der Waals surface area contributed by atoms with Gasteiger partial charge in [0, 0.05) is 44.3 Å². The van der Waals surface area contributed by atoms with Gasteiger partial charge in [-0.25, -0.2) is 0 Å². The topological polar surface area (TPSA) is 56.7 Å². The first-order valence-electron chi connectivity index (χ1n) is 7.68. The van der Waals surface area contributed by atoms with Crippen LogP contribution >= 0.6 is 0 Å². The van der Waals surface area contributed by atoms with E-state index in [4.69, 9.17) is 0 Å². The van der Waals surface area contributed by atoms with E-state index in [9.17, 15) is 9.90 Å². The third kappa shape index (κ3) is 4.56. The molecule has 22 heavy (non-hydrogen) atoms. The zero-order chi connectivity index (χ0) is 16.2. The molecule has 0 aliphatic carbocycles. The average Bonchev–Trinajstić information content (AvgIpc) is 2.47. The number of allylic oxidation sites excluding steroid dienone is 1. The number of aliphatic carboxylic acids is 1. The average molecular weight is 303 g/mol. The summed E-state index contributed by atoms with van der Waals surface area (Å²) >= 11 is 0. The van der Waals surface area contributed by atoms with Gasteiger partial charge in [-0.15, -0.1) is 0 Å². The fourth-order valence-corrected chi connectivity index (χ4v) is 2.55. The standard InChI is InChI=1S/C17H25N3O2/c1-17(2,3)7-4-15(16(21)22)20-12-10-19(11-13-20)14-5-8-18-9-6-14/h4-9,15H,10-13H2,1-3H3,(H,21,22)/b7-4+. The molecule has 1 aliphatic heterocycles. The molecule has 1 N–H and O–H groups in total. The molecule has 2 rings (SSSR count). The van der Waals surface area contributed by atoms with Gasteiger partial charge in [0.05, 0.1) is 0 Å². The van der Waals surface area contributed by atoms with Crippen LogP contribution in [0.15, 0.2) is 36.7 Å². The van der Waals surface area contributed by atoms with Crippen molar-refractivity contribution in [3.63, 3.8) is 0 Å². The number of carboxylic acids is 1. The summed E-state index contributed by atoms with van der Waals surface area (Å²) in [5.74, 6) is -0.780. The van der Waals surface area contributed by atoms with Crippen LogP contribution < -0.4 is 4.90 Å². The van der Waals surface area contributed by atoms with Gasteiger partial charge in [0.1, 0.15) is 6.04 Å². The van der Waals surface area contributed by atoms with Gasteiger partial charge < -0.3 is 10.0 Å². The van der Waals surface area contributed by atoms with Gasteiger partial charge >= 0.3 is 5.97 Å². The molecule has 1 fully saturated rings. The lowest BCUT2D eigenvalue weighted by Crippen LogP contribution is -2.52. The lowest BCUT2D eigenvalue weighted by molar-refractivity contribution is -0.141. The molecular formula is C17H25N3O2. The highest BCUT2D eigenvalue weighted by molar-refractivity contribution is 5.76. The second kappa shape index (κ2) is 6.92. The summed E-state index contributed by atoms with van der Waals surface area (Å²) in [6.07, 6.45) is 7.38. The largest absolute Gasteiger partial charge is 0.480 e. The van der Waals surface area contributed by atoms with Gasteiger partial charge in [-0.05, 0) is 17.5 Å². The zero-order valence-corrected chi connectivity index (χ0v) is 13.6. The van der Waals surface area contributed by atoms with Crippen molar-refractivity contribution in [2.24, 2.45) is 5.41 Å². The van der Waals surface area contributed by atoms with Crippen molar-refractivity contribution in [3.8, 4) is 0 Å². The summed E-state index contributed by atoms with van der Waals surface area (Å²) in [4.78, 5) is 19.9. The van der Waals surface area contributed by atoms with Crippen LogP contribution in [0.2, 0.25) is 0 Å². The number of hydrogen-bond acceptors (Lipinski definition) is 4. The van der Waals surface area contributed by atoms with E-state index in [2.05, 4.69) is 30.7 Å². The predicted octanol–water partition coefficient (Wildman–Crippen LogP) is 2.26. The smallest absolute Gasteiger partial charge is 0.324 e. The molecule has 0 bridgehead atoms. The predicted molar refractivity (Wildman–Crippen MR) is 88.0 cm³/mol. The first-order valence-corrected chi connectivity index (χ1v) is 7.68. The Morgan fingerprint density at radius 1 is 1.23 bits per heavy atom. The van der Waals surface area contributed by atoms with E-state index in [0.717, 1.165) is 31.9 Å². The first kappa shape index (κ1) is 16.5. The molecule has 0 spiro atoms. The number of nitrogens with zero attached hydrogens (tertiary/aromatic N) is 3. The summed E-state index contributed by atoms with van der Waals surface area (Å²) in [7, 11) is 0. The van der Waals surface area contributed by atoms with Crippen LogP contribution in [-0.4, -0.2) is 53.2 Å². The van der Waals surface area contributed by atoms with Gasteiger partial charge in [0.25, 0.3) is 0 Å². The molecule has 0 aromatic carbocycles. The minimum absolute atomic E-state index is 0.00738. The molecule has 1 saturated heterocycles. The maximum Gasteiger partial charge on any atom is 0.324 e. The minimum Gasteiger partial charge on any atom is -0.480 e. The van der Waals surface area contributed by atoms with Crippen molar-refractivity contribution < 1.29 is 9.90 Å².